The van der Waals surface area contributed by atoms with Crippen molar-refractivity contribution in [1.82, 2.24) is 10.6 Å². The Labute approximate surface area is 214 Å². The molecule has 8 nitrogen and oxygen atoms in total. The Hall–Kier alpha value is -1.42. The number of hydrogen-bond donors (Lipinski definition) is 4. The molecule has 2 amide bonds. The first-order valence-electron chi connectivity index (χ1n) is 11.2. The second kappa shape index (κ2) is 13.6. The molecule has 4 N–H and O–H groups in total. The molecular weight excluding hydrogens is 476 g/mol. The van der Waals surface area contributed by atoms with Crippen LogP contribution in [0.15, 0.2) is 0 Å². The maximum absolute atomic E-state index is 12.0. The summed E-state index contributed by atoms with van der Waals surface area (Å²) in [5.41, 5.74) is -0.668. The first-order valence-corrected chi connectivity index (χ1v) is 13.0. The second-order valence-corrected chi connectivity index (χ2v) is 16.2. The van der Waals surface area contributed by atoms with Crippen molar-refractivity contribution < 1.29 is 29.4 Å². The fourth-order valence-corrected chi connectivity index (χ4v) is 4.90. The molecule has 34 heavy (non-hydrogen) atoms. The minimum atomic E-state index is -0.948. The molecule has 0 rings (SSSR count). The van der Waals surface area contributed by atoms with E-state index in [1.807, 2.05) is 83.1 Å². The molecule has 0 aromatic heterocycles. The van der Waals surface area contributed by atoms with Gasteiger partial charge < -0.3 is 20.8 Å². The van der Waals surface area contributed by atoms with Crippen LogP contribution in [0.25, 0.3) is 0 Å². The van der Waals surface area contributed by atoms with Gasteiger partial charge in [-0.1, -0.05) is 41.5 Å². The third-order valence-electron chi connectivity index (χ3n) is 3.30. The molecule has 0 aliphatic heterocycles. The van der Waals surface area contributed by atoms with E-state index in [9.17, 15) is 19.2 Å². The molecule has 0 radical (unpaired) electrons. The topological polar surface area (TPSA) is 133 Å². The van der Waals surface area contributed by atoms with Gasteiger partial charge in [0.25, 0.3) is 0 Å². The summed E-state index contributed by atoms with van der Waals surface area (Å²) in [7, 11) is 0. The highest BCUT2D eigenvalue weighted by Crippen LogP contribution is 2.31. The lowest BCUT2D eigenvalue weighted by Gasteiger charge is -2.28. The van der Waals surface area contributed by atoms with Crippen LogP contribution in [-0.2, 0) is 19.2 Å². The standard InChI is InChI=1S/2C12H23NO3S/c1-11(2,3)13-10(16)8(7-9(14)15)17-12(4,5)6;1-11(2,3)13-9(14)7-8(10(15)16)17-12(4,5)6/h8H,7H2,1-6H3,(H,13,16)(H,14,15);8H,7H2,1-6H3,(H,13,14)(H,15,16). The van der Waals surface area contributed by atoms with Gasteiger partial charge >= 0.3 is 11.9 Å². The molecule has 2 atom stereocenters. The number of thioether (sulfide) groups is 2. The largest absolute Gasteiger partial charge is 0.481 e. The number of carboxylic acid groups (broad SMARTS) is 2. The minimum absolute atomic E-state index is 0.00847. The van der Waals surface area contributed by atoms with Crippen molar-refractivity contribution in [1.29, 1.82) is 0 Å². The van der Waals surface area contributed by atoms with Crippen molar-refractivity contribution in [2.24, 2.45) is 0 Å². The van der Waals surface area contributed by atoms with Crippen molar-refractivity contribution in [3.63, 3.8) is 0 Å². The molecular formula is C24H46N2O6S2. The van der Waals surface area contributed by atoms with Gasteiger partial charge in [-0.3, -0.25) is 19.2 Å². The number of rotatable bonds is 8. The van der Waals surface area contributed by atoms with Crippen LogP contribution >= 0.6 is 23.5 Å². The van der Waals surface area contributed by atoms with Crippen LogP contribution in [0.1, 0.15) is 95.9 Å². The van der Waals surface area contributed by atoms with E-state index in [0.29, 0.717) is 0 Å². The lowest BCUT2D eigenvalue weighted by atomic mass is 10.1. The van der Waals surface area contributed by atoms with Crippen LogP contribution in [0.2, 0.25) is 0 Å². The summed E-state index contributed by atoms with van der Waals surface area (Å²) >= 11 is 2.69. The molecule has 0 saturated carbocycles. The van der Waals surface area contributed by atoms with Gasteiger partial charge in [-0.2, -0.15) is 0 Å². The van der Waals surface area contributed by atoms with Crippen LogP contribution in [0, 0.1) is 0 Å². The van der Waals surface area contributed by atoms with Gasteiger partial charge in [0.2, 0.25) is 11.8 Å². The van der Waals surface area contributed by atoms with Gasteiger partial charge in [-0.25, -0.2) is 0 Å². The molecule has 2 unspecified atom stereocenters. The van der Waals surface area contributed by atoms with Gasteiger partial charge in [0, 0.05) is 27.0 Å². The number of nitrogens with one attached hydrogen (secondary N) is 2. The number of aliphatic carboxylic acids is 2. The number of carbonyl (C=O) groups is 4. The Balaban J connectivity index is 0. The van der Waals surface area contributed by atoms with Crippen LogP contribution in [0.3, 0.4) is 0 Å². The highest BCUT2D eigenvalue weighted by molar-refractivity contribution is 8.02. The zero-order valence-electron chi connectivity index (χ0n) is 22.9. The van der Waals surface area contributed by atoms with E-state index in [1.54, 1.807) is 0 Å². The van der Waals surface area contributed by atoms with Gasteiger partial charge in [0.05, 0.1) is 11.7 Å². The predicted molar refractivity (Wildman–Crippen MR) is 143 cm³/mol. The first kappa shape index (κ1) is 34.7. The van der Waals surface area contributed by atoms with Crippen LogP contribution in [-0.4, -0.2) is 65.0 Å². The van der Waals surface area contributed by atoms with E-state index in [-0.39, 0.29) is 45.2 Å². The molecule has 200 valence electrons. The molecule has 0 aromatic carbocycles. The van der Waals surface area contributed by atoms with E-state index in [4.69, 9.17) is 10.2 Å². The number of carboxylic acids is 2. The molecule has 0 heterocycles. The summed E-state index contributed by atoms with van der Waals surface area (Å²) in [6, 6.07) is 0. The average Bonchev–Trinajstić information content (AvgIpc) is 2.47. The van der Waals surface area contributed by atoms with Crippen LogP contribution in [0.4, 0.5) is 0 Å². The van der Waals surface area contributed by atoms with Gasteiger partial charge in [-0.15, -0.1) is 23.5 Å². The summed E-state index contributed by atoms with van der Waals surface area (Å²) in [5, 5.41) is 22.3. The summed E-state index contributed by atoms with van der Waals surface area (Å²) < 4.78 is -0.319. The fourth-order valence-electron chi connectivity index (χ4n) is 2.47. The Bertz CT molecular complexity index is 698. The Morgan fingerprint density at radius 1 is 0.647 bits per heavy atom. The maximum atomic E-state index is 12.0. The average molecular weight is 523 g/mol. The Morgan fingerprint density at radius 3 is 1.32 bits per heavy atom. The lowest BCUT2D eigenvalue weighted by molar-refractivity contribution is -0.139. The van der Waals surface area contributed by atoms with Crippen molar-refractivity contribution in [3.05, 3.63) is 0 Å². The number of hydrogen-bond acceptors (Lipinski definition) is 6. The summed E-state index contributed by atoms with van der Waals surface area (Å²) in [4.78, 5) is 45.5. The quantitative estimate of drug-likeness (QED) is 0.365. The van der Waals surface area contributed by atoms with Crippen molar-refractivity contribution in [2.75, 3.05) is 0 Å². The fraction of sp³-hybridized carbons (Fsp3) is 0.833. The van der Waals surface area contributed by atoms with E-state index in [2.05, 4.69) is 10.6 Å². The first-order chi connectivity index (χ1) is 14.8. The van der Waals surface area contributed by atoms with E-state index in [1.165, 1.54) is 23.5 Å². The molecule has 0 aliphatic carbocycles. The number of amides is 2. The van der Waals surface area contributed by atoms with Crippen molar-refractivity contribution >= 4 is 47.3 Å². The highest BCUT2D eigenvalue weighted by Gasteiger charge is 2.30. The lowest BCUT2D eigenvalue weighted by Crippen LogP contribution is -2.46. The second-order valence-electron chi connectivity index (χ2n) is 12.1. The summed E-state index contributed by atoms with van der Waals surface area (Å²) in [5.74, 6) is -2.31. The maximum Gasteiger partial charge on any atom is 0.317 e. The smallest absolute Gasteiger partial charge is 0.317 e. The summed E-state index contributed by atoms with van der Waals surface area (Å²) in [6.45, 7) is 23.0. The zero-order valence-corrected chi connectivity index (χ0v) is 24.5. The molecule has 0 bridgehead atoms. The Kier molecular flexibility index (Phi) is 13.9. The third kappa shape index (κ3) is 22.4. The predicted octanol–water partition coefficient (Wildman–Crippen LogP) is 4.55. The number of carbonyl (C=O) groups excluding carboxylic acids is 2. The summed E-state index contributed by atoms with van der Waals surface area (Å²) in [6.07, 6.45) is -0.140. The van der Waals surface area contributed by atoms with Gasteiger partial charge in [0.15, 0.2) is 0 Å². The van der Waals surface area contributed by atoms with E-state index in [0.717, 1.165) is 0 Å². The molecule has 0 saturated heterocycles. The third-order valence-corrected chi connectivity index (χ3v) is 6.04. The monoisotopic (exact) mass is 522 g/mol. The molecule has 0 fully saturated rings. The van der Waals surface area contributed by atoms with Gasteiger partial charge in [0.1, 0.15) is 5.25 Å². The molecule has 0 spiro atoms. The zero-order chi connectivity index (χ0) is 27.7. The minimum Gasteiger partial charge on any atom is -0.481 e. The Morgan fingerprint density at radius 2 is 1.03 bits per heavy atom. The highest BCUT2D eigenvalue weighted by atomic mass is 32.2. The van der Waals surface area contributed by atoms with Crippen LogP contribution < -0.4 is 10.6 Å². The SMILES string of the molecule is CC(C)(C)NC(=O)C(CC(=O)O)SC(C)(C)C.CC(C)(C)NC(=O)CC(SC(C)(C)C)C(=O)O. The molecule has 0 aliphatic rings. The molecule has 10 heteroatoms. The van der Waals surface area contributed by atoms with Gasteiger partial charge in [-0.05, 0) is 41.5 Å². The molecule has 0 aromatic rings. The van der Waals surface area contributed by atoms with Crippen LogP contribution in [0.5, 0.6) is 0 Å². The van der Waals surface area contributed by atoms with Crippen molar-refractivity contribution in [2.45, 2.75) is 127 Å². The van der Waals surface area contributed by atoms with E-state index >= 15 is 0 Å². The van der Waals surface area contributed by atoms with Crippen molar-refractivity contribution in [3.8, 4) is 0 Å². The van der Waals surface area contributed by atoms with E-state index < -0.39 is 22.4 Å². The normalized spacial score (nSPS) is 14.2.